The minimum absolute atomic E-state index is 0.0142. The number of nitrogens with zero attached hydrogens (tertiary/aromatic N) is 5. The first-order valence-corrected chi connectivity index (χ1v) is 12.1. The van der Waals surface area contributed by atoms with Crippen LogP contribution < -0.4 is 21.6 Å². The Morgan fingerprint density at radius 3 is 2.71 bits per heavy atom. The first-order valence-electron chi connectivity index (χ1n) is 11.8. The van der Waals surface area contributed by atoms with Gasteiger partial charge >= 0.3 is 5.69 Å². The maximum atomic E-state index is 12.8. The molecule has 4 N–H and O–H groups in total. The normalized spacial score (nSPS) is 18.6. The van der Waals surface area contributed by atoms with Gasteiger partial charge in [-0.1, -0.05) is 18.5 Å². The molecule has 1 aliphatic rings. The third-order valence-corrected chi connectivity index (χ3v) is 6.71. The molecule has 2 unspecified atom stereocenters. The van der Waals surface area contributed by atoms with Crippen molar-refractivity contribution in [2.75, 3.05) is 23.3 Å². The van der Waals surface area contributed by atoms with E-state index in [0.717, 1.165) is 24.0 Å². The number of aromatic nitrogens is 3. The second-order valence-electron chi connectivity index (χ2n) is 10.2. The van der Waals surface area contributed by atoms with Crippen molar-refractivity contribution in [2.24, 2.45) is 18.7 Å². The zero-order chi connectivity index (χ0) is 25.5. The van der Waals surface area contributed by atoms with Crippen molar-refractivity contribution in [1.29, 1.82) is 5.26 Å². The Balaban J connectivity index is 1.70. The zero-order valence-electron chi connectivity index (χ0n) is 20.5. The van der Waals surface area contributed by atoms with E-state index in [1.807, 2.05) is 23.1 Å². The van der Waals surface area contributed by atoms with Crippen LogP contribution in [0.1, 0.15) is 39.2 Å². The first-order chi connectivity index (χ1) is 16.5. The van der Waals surface area contributed by atoms with Crippen LogP contribution in [-0.4, -0.2) is 44.0 Å². The average Bonchev–Trinajstić information content (AvgIpc) is 3.01. The Morgan fingerprint density at radius 2 is 2.06 bits per heavy atom. The fourth-order valence-electron chi connectivity index (χ4n) is 4.69. The maximum Gasteiger partial charge on any atom is 0.328 e. The van der Waals surface area contributed by atoms with Crippen LogP contribution >= 0.6 is 11.6 Å². The van der Waals surface area contributed by atoms with E-state index in [9.17, 15) is 15.2 Å². The highest BCUT2D eigenvalue weighted by Gasteiger charge is 2.26. The predicted octanol–water partition coefficient (Wildman–Crippen LogP) is 3.34. The second kappa shape index (κ2) is 9.53. The molecule has 0 radical (unpaired) electrons. The van der Waals surface area contributed by atoms with Gasteiger partial charge in [0.05, 0.1) is 27.2 Å². The molecule has 1 saturated heterocycles. The van der Waals surface area contributed by atoms with Gasteiger partial charge in [-0.25, -0.2) is 9.78 Å². The SMILES string of the molecule is CC1CC(N)CN(c2nc(Nc3ccc4c(c3)n(CCC(C)(C)O)c(=O)n4C)c(Cl)cc2C#N)C1. The molecule has 35 heavy (non-hydrogen) atoms. The van der Waals surface area contributed by atoms with Crippen molar-refractivity contribution in [2.45, 2.75) is 51.8 Å². The Hall–Kier alpha value is -3.06. The molecule has 0 aliphatic carbocycles. The van der Waals surface area contributed by atoms with Crippen molar-refractivity contribution in [1.82, 2.24) is 14.1 Å². The summed E-state index contributed by atoms with van der Waals surface area (Å²) in [5.74, 6) is 1.37. The number of aryl methyl sites for hydroxylation is 2. The fourth-order valence-corrected chi connectivity index (χ4v) is 4.89. The average molecular weight is 498 g/mol. The number of hydrogen-bond donors (Lipinski definition) is 3. The van der Waals surface area contributed by atoms with Gasteiger partial charge in [0.1, 0.15) is 11.9 Å². The van der Waals surface area contributed by atoms with E-state index in [1.54, 1.807) is 36.1 Å². The third kappa shape index (κ3) is 5.30. The van der Waals surface area contributed by atoms with Gasteiger partial charge in [-0.05, 0) is 56.9 Å². The summed E-state index contributed by atoms with van der Waals surface area (Å²) in [5.41, 5.74) is 7.83. The lowest BCUT2D eigenvalue weighted by Gasteiger charge is -2.36. The molecule has 1 aromatic carbocycles. The van der Waals surface area contributed by atoms with Crippen molar-refractivity contribution in [3.05, 3.63) is 45.3 Å². The van der Waals surface area contributed by atoms with E-state index in [2.05, 4.69) is 18.3 Å². The lowest BCUT2D eigenvalue weighted by molar-refractivity contribution is 0.0662. The topological polar surface area (TPSA) is 125 Å². The molecule has 0 spiro atoms. The summed E-state index contributed by atoms with van der Waals surface area (Å²) < 4.78 is 3.25. The van der Waals surface area contributed by atoms with Gasteiger partial charge in [0.2, 0.25) is 0 Å². The number of imidazole rings is 1. The molecule has 3 aromatic rings. The largest absolute Gasteiger partial charge is 0.390 e. The van der Waals surface area contributed by atoms with Gasteiger partial charge in [0.25, 0.3) is 0 Å². The predicted molar refractivity (Wildman–Crippen MR) is 139 cm³/mol. The summed E-state index contributed by atoms with van der Waals surface area (Å²) in [6.07, 6.45) is 1.37. The molecule has 9 nitrogen and oxygen atoms in total. The van der Waals surface area contributed by atoms with Crippen LogP contribution in [0.25, 0.3) is 11.0 Å². The molecule has 3 heterocycles. The first kappa shape index (κ1) is 25.0. The Labute approximate surface area is 209 Å². The number of nitriles is 1. The molecule has 2 atom stereocenters. The Morgan fingerprint density at radius 1 is 1.31 bits per heavy atom. The number of halogens is 1. The molecule has 186 valence electrons. The van der Waals surface area contributed by atoms with Crippen molar-refractivity contribution in [3.8, 4) is 6.07 Å². The summed E-state index contributed by atoms with van der Waals surface area (Å²) in [6, 6.07) is 9.43. The molecular formula is C25H32ClN7O2. The zero-order valence-corrected chi connectivity index (χ0v) is 21.3. The molecular weight excluding hydrogens is 466 g/mol. The molecule has 4 rings (SSSR count). The number of aliphatic hydroxyl groups is 1. The van der Waals surface area contributed by atoms with E-state index in [4.69, 9.17) is 22.3 Å². The van der Waals surface area contributed by atoms with E-state index < -0.39 is 5.60 Å². The van der Waals surface area contributed by atoms with Gasteiger partial charge in [-0.15, -0.1) is 0 Å². The van der Waals surface area contributed by atoms with Gasteiger partial charge in [0, 0.05) is 38.4 Å². The van der Waals surface area contributed by atoms with Gasteiger partial charge < -0.3 is 21.1 Å². The molecule has 0 bridgehead atoms. The van der Waals surface area contributed by atoms with E-state index in [-0.39, 0.29) is 11.7 Å². The molecule has 1 fully saturated rings. The monoisotopic (exact) mass is 497 g/mol. The molecule has 0 amide bonds. The maximum absolute atomic E-state index is 12.8. The number of rotatable bonds is 6. The number of nitrogens with two attached hydrogens (primary N) is 1. The minimum atomic E-state index is -0.887. The lowest BCUT2D eigenvalue weighted by atomic mass is 9.96. The number of pyridine rings is 1. The number of anilines is 3. The number of nitrogens with one attached hydrogen (secondary N) is 1. The Bertz CT molecular complexity index is 1340. The van der Waals surface area contributed by atoms with Gasteiger partial charge in [-0.3, -0.25) is 9.13 Å². The van der Waals surface area contributed by atoms with Crippen LogP contribution in [-0.2, 0) is 13.6 Å². The van der Waals surface area contributed by atoms with Gasteiger partial charge in [0.15, 0.2) is 5.82 Å². The Kier molecular flexibility index (Phi) is 6.82. The smallest absolute Gasteiger partial charge is 0.328 e. The number of piperidine rings is 1. The summed E-state index contributed by atoms with van der Waals surface area (Å²) >= 11 is 6.50. The van der Waals surface area contributed by atoms with Crippen molar-refractivity contribution >= 4 is 40.0 Å². The minimum Gasteiger partial charge on any atom is -0.390 e. The van der Waals surface area contributed by atoms with E-state index >= 15 is 0 Å². The van der Waals surface area contributed by atoms with Crippen LogP contribution in [0, 0.1) is 17.2 Å². The number of hydrogen-bond acceptors (Lipinski definition) is 7. The van der Waals surface area contributed by atoms with Crippen LogP contribution in [0.5, 0.6) is 0 Å². The molecule has 1 aliphatic heterocycles. The van der Waals surface area contributed by atoms with Gasteiger partial charge in [-0.2, -0.15) is 5.26 Å². The van der Waals surface area contributed by atoms with Crippen LogP contribution in [0.15, 0.2) is 29.1 Å². The molecule has 10 heteroatoms. The third-order valence-electron chi connectivity index (χ3n) is 6.42. The highest BCUT2D eigenvalue weighted by atomic mass is 35.5. The lowest BCUT2D eigenvalue weighted by Crippen LogP contribution is -2.47. The highest BCUT2D eigenvalue weighted by molar-refractivity contribution is 6.33. The molecule has 0 saturated carbocycles. The number of fused-ring (bicyclic) bond motifs is 1. The van der Waals surface area contributed by atoms with E-state index in [1.165, 1.54) is 0 Å². The van der Waals surface area contributed by atoms with Crippen molar-refractivity contribution in [3.63, 3.8) is 0 Å². The van der Waals surface area contributed by atoms with Crippen LogP contribution in [0.3, 0.4) is 0 Å². The number of benzene rings is 1. The molecule has 2 aromatic heterocycles. The quantitative estimate of drug-likeness (QED) is 0.477. The summed E-state index contributed by atoms with van der Waals surface area (Å²) in [6.45, 7) is 7.36. The van der Waals surface area contributed by atoms with Crippen LogP contribution in [0.2, 0.25) is 5.02 Å². The van der Waals surface area contributed by atoms with E-state index in [0.29, 0.717) is 53.3 Å². The standard InChI is InChI=1S/C25H32ClN7O2/c1-15-9-17(28)14-32(13-15)23-16(12-27)10-19(26)22(30-23)29-18-5-6-20-21(11-18)33(24(34)31(20)4)8-7-25(2,3)35/h5-6,10-11,15,17,35H,7-9,13-14,28H2,1-4H3,(H,29,30). The fraction of sp³-hybridized carbons (Fsp3) is 0.480. The van der Waals surface area contributed by atoms with Crippen molar-refractivity contribution < 1.29 is 5.11 Å². The second-order valence-corrected chi connectivity index (χ2v) is 10.6. The summed E-state index contributed by atoms with van der Waals surface area (Å²) in [7, 11) is 1.73. The highest BCUT2D eigenvalue weighted by Crippen LogP contribution is 2.32. The van der Waals surface area contributed by atoms with Crippen LogP contribution in [0.4, 0.5) is 17.3 Å². The summed E-state index contributed by atoms with van der Waals surface area (Å²) in [4.78, 5) is 19.6. The summed E-state index contributed by atoms with van der Waals surface area (Å²) in [5, 5.41) is 23.4.